The Labute approximate surface area is 114 Å². The Hall–Kier alpha value is -1.52. The smallest absolute Gasteiger partial charge is 0.320 e. The normalized spacial score (nSPS) is 16.0. The Morgan fingerprint density at radius 1 is 1.42 bits per heavy atom. The molecular weight excluding hydrogens is 244 g/mol. The topological polar surface area (TPSA) is 60.9 Å². The number of amides is 2. The lowest BCUT2D eigenvalue weighted by molar-refractivity contribution is -0.137. The second-order valence-electron chi connectivity index (χ2n) is 6.01. The van der Waals surface area contributed by atoms with Crippen molar-refractivity contribution in [2.75, 3.05) is 19.6 Å². The first-order valence-electron chi connectivity index (χ1n) is 6.66. The van der Waals surface area contributed by atoms with E-state index in [0.29, 0.717) is 13.1 Å². The van der Waals surface area contributed by atoms with E-state index in [1.165, 1.54) is 5.57 Å². The monoisotopic (exact) mass is 268 g/mol. The van der Waals surface area contributed by atoms with Crippen LogP contribution >= 0.6 is 0 Å². The van der Waals surface area contributed by atoms with E-state index in [1.54, 1.807) is 9.80 Å². The van der Waals surface area contributed by atoms with Gasteiger partial charge in [0.1, 0.15) is 0 Å². The maximum Gasteiger partial charge on any atom is 0.320 e. The number of carbonyl (C=O) groups is 2. The highest BCUT2D eigenvalue weighted by Crippen LogP contribution is 2.19. The Morgan fingerprint density at radius 2 is 2.05 bits per heavy atom. The number of nitrogens with zero attached hydrogens (tertiary/aromatic N) is 2. The van der Waals surface area contributed by atoms with Crippen molar-refractivity contribution in [3.05, 3.63) is 11.6 Å². The molecule has 0 aromatic rings. The number of hydrogen-bond donors (Lipinski definition) is 1. The Morgan fingerprint density at radius 3 is 2.53 bits per heavy atom. The summed E-state index contributed by atoms with van der Waals surface area (Å²) in [4.78, 5) is 26.7. The van der Waals surface area contributed by atoms with Crippen LogP contribution in [0.5, 0.6) is 0 Å². The largest absolute Gasteiger partial charge is 0.481 e. The summed E-state index contributed by atoms with van der Waals surface area (Å²) in [6.45, 7) is 9.39. The molecule has 0 aromatic carbocycles. The lowest BCUT2D eigenvalue weighted by atomic mass is 10.1. The lowest BCUT2D eigenvalue weighted by Crippen LogP contribution is -2.53. The van der Waals surface area contributed by atoms with Crippen molar-refractivity contribution < 1.29 is 14.7 Å². The van der Waals surface area contributed by atoms with Crippen LogP contribution in [-0.2, 0) is 4.79 Å². The molecule has 1 aliphatic heterocycles. The summed E-state index contributed by atoms with van der Waals surface area (Å²) < 4.78 is 0. The number of aliphatic carboxylic acids is 1. The van der Waals surface area contributed by atoms with E-state index in [2.05, 4.69) is 6.08 Å². The summed E-state index contributed by atoms with van der Waals surface area (Å²) in [6, 6.07) is -0.0683. The number of carbonyl (C=O) groups excluding carboxylic acids is 1. The quantitative estimate of drug-likeness (QED) is 0.799. The summed E-state index contributed by atoms with van der Waals surface area (Å²) in [5.74, 6) is -0.878. The van der Waals surface area contributed by atoms with Gasteiger partial charge in [-0.2, -0.15) is 0 Å². The van der Waals surface area contributed by atoms with Crippen molar-refractivity contribution in [2.24, 2.45) is 0 Å². The van der Waals surface area contributed by atoms with E-state index in [-0.39, 0.29) is 24.5 Å². The zero-order valence-corrected chi connectivity index (χ0v) is 12.3. The average molecular weight is 268 g/mol. The Bertz CT molecular complexity index is 383. The molecule has 0 saturated carbocycles. The zero-order valence-electron chi connectivity index (χ0n) is 12.3. The molecule has 0 bridgehead atoms. The molecule has 0 fully saturated rings. The minimum Gasteiger partial charge on any atom is -0.481 e. The molecule has 0 atom stereocenters. The summed E-state index contributed by atoms with van der Waals surface area (Å²) in [6.07, 6.45) is 2.99. The standard InChI is InChI=1S/C14H24N2O3/c1-11-6-5-8-15(10-11)13(19)16(14(2,3)4)9-7-12(17)18/h6H,5,7-10H2,1-4H3,(H,17,18). The van der Waals surface area contributed by atoms with E-state index in [4.69, 9.17) is 5.11 Å². The molecule has 0 aromatic heterocycles. The van der Waals surface area contributed by atoms with Gasteiger partial charge in [0, 0.05) is 25.2 Å². The van der Waals surface area contributed by atoms with E-state index in [0.717, 1.165) is 6.42 Å². The molecule has 1 aliphatic rings. The molecule has 1 N–H and O–H groups in total. The number of rotatable bonds is 3. The maximum absolute atomic E-state index is 12.5. The van der Waals surface area contributed by atoms with Crippen LogP contribution in [0.25, 0.3) is 0 Å². The summed E-state index contributed by atoms with van der Waals surface area (Å²) in [5, 5.41) is 8.80. The van der Waals surface area contributed by atoms with Crippen LogP contribution in [0.4, 0.5) is 4.79 Å². The molecule has 19 heavy (non-hydrogen) atoms. The van der Waals surface area contributed by atoms with E-state index in [9.17, 15) is 9.59 Å². The van der Waals surface area contributed by atoms with Gasteiger partial charge >= 0.3 is 12.0 Å². The second kappa shape index (κ2) is 6.08. The third kappa shape index (κ3) is 4.58. The fraction of sp³-hybridized carbons (Fsp3) is 0.714. The number of hydrogen-bond acceptors (Lipinski definition) is 2. The molecule has 0 saturated heterocycles. The van der Waals surface area contributed by atoms with Crippen LogP contribution in [-0.4, -0.2) is 52.1 Å². The molecule has 0 unspecified atom stereocenters. The fourth-order valence-electron chi connectivity index (χ4n) is 2.17. The van der Waals surface area contributed by atoms with Gasteiger partial charge in [0.05, 0.1) is 6.42 Å². The molecule has 108 valence electrons. The SMILES string of the molecule is CC1=CCCN(C(=O)N(CCC(=O)O)C(C)(C)C)C1. The zero-order chi connectivity index (χ0) is 14.6. The number of carboxylic acid groups (broad SMARTS) is 1. The molecule has 5 nitrogen and oxygen atoms in total. The van der Waals surface area contributed by atoms with Gasteiger partial charge in [-0.3, -0.25) is 4.79 Å². The summed E-state index contributed by atoms with van der Waals surface area (Å²) >= 11 is 0. The number of urea groups is 1. The van der Waals surface area contributed by atoms with Crippen LogP contribution < -0.4 is 0 Å². The van der Waals surface area contributed by atoms with E-state index >= 15 is 0 Å². The Balaban J connectivity index is 2.77. The van der Waals surface area contributed by atoms with E-state index in [1.807, 2.05) is 27.7 Å². The van der Waals surface area contributed by atoms with Crippen molar-refractivity contribution >= 4 is 12.0 Å². The first-order chi connectivity index (χ1) is 8.71. The molecule has 1 heterocycles. The Kier molecular flexibility index (Phi) is 4.97. The highest BCUT2D eigenvalue weighted by molar-refractivity contribution is 5.76. The van der Waals surface area contributed by atoms with Gasteiger partial charge in [-0.25, -0.2) is 4.79 Å². The predicted octanol–water partition coefficient (Wildman–Crippen LogP) is 2.33. The second-order valence-corrected chi connectivity index (χ2v) is 6.01. The van der Waals surface area contributed by atoms with Gasteiger partial charge in [-0.1, -0.05) is 11.6 Å². The lowest BCUT2D eigenvalue weighted by Gasteiger charge is -2.40. The van der Waals surface area contributed by atoms with Crippen molar-refractivity contribution in [2.45, 2.75) is 46.1 Å². The summed E-state index contributed by atoms with van der Waals surface area (Å²) in [5.41, 5.74) is 0.813. The van der Waals surface area contributed by atoms with Crippen molar-refractivity contribution in [1.29, 1.82) is 0 Å². The van der Waals surface area contributed by atoms with Crippen LogP contribution in [0.1, 0.15) is 40.5 Å². The van der Waals surface area contributed by atoms with Gasteiger partial charge in [-0.05, 0) is 34.1 Å². The minimum atomic E-state index is -0.878. The molecule has 0 spiro atoms. The summed E-state index contributed by atoms with van der Waals surface area (Å²) in [7, 11) is 0. The third-order valence-corrected chi connectivity index (χ3v) is 3.19. The predicted molar refractivity (Wildman–Crippen MR) is 74.1 cm³/mol. The average Bonchev–Trinajstić information content (AvgIpc) is 2.26. The van der Waals surface area contributed by atoms with Gasteiger partial charge < -0.3 is 14.9 Å². The number of carboxylic acids is 1. The molecule has 5 heteroatoms. The van der Waals surface area contributed by atoms with Crippen molar-refractivity contribution in [3.63, 3.8) is 0 Å². The highest BCUT2D eigenvalue weighted by Gasteiger charge is 2.30. The minimum absolute atomic E-state index is 0.0222. The first-order valence-corrected chi connectivity index (χ1v) is 6.66. The molecule has 0 radical (unpaired) electrons. The van der Waals surface area contributed by atoms with Crippen molar-refractivity contribution in [3.8, 4) is 0 Å². The van der Waals surface area contributed by atoms with Crippen LogP contribution in [0.3, 0.4) is 0 Å². The first kappa shape index (κ1) is 15.5. The van der Waals surface area contributed by atoms with Crippen LogP contribution in [0, 0.1) is 0 Å². The molecule has 1 rings (SSSR count). The van der Waals surface area contributed by atoms with Gasteiger partial charge in [0.25, 0.3) is 0 Å². The third-order valence-electron chi connectivity index (χ3n) is 3.19. The van der Waals surface area contributed by atoms with Gasteiger partial charge in [0.15, 0.2) is 0 Å². The fourth-order valence-corrected chi connectivity index (χ4v) is 2.17. The van der Waals surface area contributed by atoms with Crippen LogP contribution in [0.2, 0.25) is 0 Å². The van der Waals surface area contributed by atoms with Crippen LogP contribution in [0.15, 0.2) is 11.6 Å². The maximum atomic E-state index is 12.5. The molecular formula is C14H24N2O3. The van der Waals surface area contributed by atoms with Gasteiger partial charge in [0.2, 0.25) is 0 Å². The molecule has 0 aliphatic carbocycles. The highest BCUT2D eigenvalue weighted by atomic mass is 16.4. The van der Waals surface area contributed by atoms with Gasteiger partial charge in [-0.15, -0.1) is 0 Å². The van der Waals surface area contributed by atoms with Crippen molar-refractivity contribution in [1.82, 2.24) is 9.80 Å². The molecule has 2 amide bonds. The van der Waals surface area contributed by atoms with E-state index < -0.39 is 5.97 Å².